The molecule has 32 heavy (non-hydrogen) atoms. The molecule has 0 atom stereocenters. The first-order valence-electron chi connectivity index (χ1n) is 11.1. The average molecular weight is 431 g/mol. The van der Waals surface area contributed by atoms with Crippen LogP contribution in [0.5, 0.6) is 0 Å². The van der Waals surface area contributed by atoms with E-state index in [-0.39, 0.29) is 5.41 Å². The number of benzene rings is 5. The molecule has 0 aromatic heterocycles. The van der Waals surface area contributed by atoms with Gasteiger partial charge in [-0.05, 0) is 55.8 Å². The van der Waals surface area contributed by atoms with Gasteiger partial charge in [-0.25, -0.2) is 0 Å². The summed E-state index contributed by atoms with van der Waals surface area (Å²) >= 11 is 6.72. The van der Waals surface area contributed by atoms with Crippen LogP contribution in [-0.2, 0) is 5.41 Å². The monoisotopic (exact) mass is 430 g/mol. The van der Waals surface area contributed by atoms with Crippen LogP contribution in [0.2, 0.25) is 5.02 Å². The minimum atomic E-state index is -0.129. The quantitative estimate of drug-likeness (QED) is 0.262. The Morgan fingerprint density at radius 1 is 0.562 bits per heavy atom. The Labute approximate surface area is 194 Å². The highest BCUT2D eigenvalue weighted by atomic mass is 35.5. The molecule has 0 saturated heterocycles. The number of hydrogen-bond acceptors (Lipinski definition) is 0. The van der Waals surface area contributed by atoms with Crippen molar-refractivity contribution >= 4 is 22.4 Å². The number of hydrogen-bond donors (Lipinski definition) is 0. The lowest BCUT2D eigenvalue weighted by molar-refractivity contribution is 0.662. The van der Waals surface area contributed by atoms with E-state index in [0.29, 0.717) is 0 Å². The van der Waals surface area contributed by atoms with E-state index >= 15 is 0 Å². The Bertz CT molecular complexity index is 1490. The van der Waals surface area contributed by atoms with E-state index in [9.17, 15) is 0 Å². The fourth-order valence-electron chi connectivity index (χ4n) is 5.54. The maximum atomic E-state index is 6.72. The van der Waals surface area contributed by atoms with Gasteiger partial charge in [0.2, 0.25) is 0 Å². The number of fused-ring (bicyclic) bond motifs is 4. The third-order valence-corrected chi connectivity index (χ3v) is 7.24. The molecular formula is C31H23Cl. The maximum Gasteiger partial charge on any atom is 0.0487 e. The normalized spacial score (nSPS) is 13.7. The fraction of sp³-hybridized carbons (Fsp3) is 0.0968. The summed E-state index contributed by atoms with van der Waals surface area (Å²) in [6.07, 6.45) is 0. The Kier molecular flexibility index (Phi) is 4.28. The summed E-state index contributed by atoms with van der Waals surface area (Å²) in [5, 5.41) is 3.38. The summed E-state index contributed by atoms with van der Waals surface area (Å²) in [5.41, 5.74) is 10.0. The summed E-state index contributed by atoms with van der Waals surface area (Å²) in [6, 6.07) is 36.9. The molecule has 5 aromatic carbocycles. The van der Waals surface area contributed by atoms with E-state index < -0.39 is 0 Å². The van der Waals surface area contributed by atoms with Crippen molar-refractivity contribution in [2.24, 2.45) is 0 Å². The lowest BCUT2D eigenvalue weighted by atomic mass is 9.78. The highest BCUT2D eigenvalue weighted by Crippen LogP contribution is 2.54. The van der Waals surface area contributed by atoms with E-state index in [1.165, 1.54) is 55.3 Å². The SMILES string of the molecule is CC1(C)c2cccc(Cl)c2-c2cccc(-c3cccc4cccc(-c5ccccc5)c34)c21. The lowest BCUT2D eigenvalue weighted by Crippen LogP contribution is -2.16. The Morgan fingerprint density at radius 3 is 1.97 bits per heavy atom. The van der Waals surface area contributed by atoms with Crippen molar-refractivity contribution in [1.82, 2.24) is 0 Å². The molecule has 5 aromatic rings. The van der Waals surface area contributed by atoms with Crippen LogP contribution in [0.15, 0.2) is 103 Å². The molecule has 0 heterocycles. The molecule has 154 valence electrons. The summed E-state index contributed by atoms with van der Waals surface area (Å²) in [5.74, 6) is 0. The van der Waals surface area contributed by atoms with Gasteiger partial charge in [0.05, 0.1) is 0 Å². The second-order valence-electron chi connectivity index (χ2n) is 9.09. The zero-order valence-corrected chi connectivity index (χ0v) is 18.9. The van der Waals surface area contributed by atoms with Gasteiger partial charge in [-0.2, -0.15) is 0 Å². The summed E-state index contributed by atoms with van der Waals surface area (Å²) < 4.78 is 0. The Morgan fingerprint density at radius 2 is 1.19 bits per heavy atom. The maximum absolute atomic E-state index is 6.72. The molecule has 0 aliphatic heterocycles. The molecule has 1 aliphatic rings. The smallest absolute Gasteiger partial charge is 0.0487 e. The molecule has 0 nitrogen and oxygen atoms in total. The summed E-state index contributed by atoms with van der Waals surface area (Å²) in [4.78, 5) is 0. The van der Waals surface area contributed by atoms with Gasteiger partial charge in [-0.1, -0.05) is 123 Å². The predicted octanol–water partition coefficient (Wildman–Crippen LogP) is 9.13. The highest BCUT2D eigenvalue weighted by Gasteiger charge is 2.38. The van der Waals surface area contributed by atoms with Gasteiger partial charge in [-0.3, -0.25) is 0 Å². The van der Waals surface area contributed by atoms with Crippen LogP contribution in [0.3, 0.4) is 0 Å². The Hall–Kier alpha value is -3.35. The van der Waals surface area contributed by atoms with Crippen LogP contribution in [0.25, 0.3) is 44.2 Å². The van der Waals surface area contributed by atoms with Crippen LogP contribution in [-0.4, -0.2) is 0 Å². The molecule has 1 aliphatic carbocycles. The molecule has 0 saturated carbocycles. The first kappa shape index (κ1) is 19.3. The third-order valence-electron chi connectivity index (χ3n) is 6.93. The van der Waals surface area contributed by atoms with Crippen molar-refractivity contribution in [3.63, 3.8) is 0 Å². The van der Waals surface area contributed by atoms with Crippen molar-refractivity contribution < 1.29 is 0 Å². The molecule has 0 amide bonds. The van der Waals surface area contributed by atoms with Gasteiger partial charge in [-0.15, -0.1) is 0 Å². The van der Waals surface area contributed by atoms with Crippen LogP contribution in [0.1, 0.15) is 25.0 Å². The van der Waals surface area contributed by atoms with Gasteiger partial charge >= 0.3 is 0 Å². The fourth-order valence-corrected chi connectivity index (χ4v) is 5.81. The van der Waals surface area contributed by atoms with Gasteiger partial charge in [0.15, 0.2) is 0 Å². The molecule has 0 spiro atoms. The Balaban J connectivity index is 1.71. The average Bonchev–Trinajstić information content (AvgIpc) is 3.07. The largest absolute Gasteiger partial charge is 0.0837 e. The van der Waals surface area contributed by atoms with Crippen molar-refractivity contribution in [3.05, 3.63) is 119 Å². The third kappa shape index (κ3) is 2.70. The minimum absolute atomic E-state index is 0.129. The van der Waals surface area contributed by atoms with Crippen molar-refractivity contribution in [1.29, 1.82) is 0 Å². The van der Waals surface area contributed by atoms with Crippen LogP contribution in [0.4, 0.5) is 0 Å². The topological polar surface area (TPSA) is 0 Å². The van der Waals surface area contributed by atoms with E-state index in [1.807, 2.05) is 6.07 Å². The van der Waals surface area contributed by atoms with Gasteiger partial charge in [0.1, 0.15) is 0 Å². The molecular weight excluding hydrogens is 408 g/mol. The van der Waals surface area contributed by atoms with Gasteiger partial charge in [0, 0.05) is 16.0 Å². The van der Waals surface area contributed by atoms with Crippen molar-refractivity contribution in [2.75, 3.05) is 0 Å². The van der Waals surface area contributed by atoms with Gasteiger partial charge in [0.25, 0.3) is 0 Å². The first-order valence-corrected chi connectivity index (χ1v) is 11.5. The first-order chi connectivity index (χ1) is 15.6. The van der Waals surface area contributed by atoms with Crippen molar-refractivity contribution in [3.8, 4) is 33.4 Å². The second-order valence-corrected chi connectivity index (χ2v) is 9.50. The van der Waals surface area contributed by atoms with Crippen LogP contribution >= 0.6 is 11.6 Å². The van der Waals surface area contributed by atoms with E-state index in [4.69, 9.17) is 11.6 Å². The van der Waals surface area contributed by atoms with Crippen molar-refractivity contribution in [2.45, 2.75) is 19.3 Å². The number of halogens is 1. The molecule has 1 heteroatoms. The number of rotatable bonds is 2. The lowest BCUT2D eigenvalue weighted by Gasteiger charge is -2.25. The molecule has 0 bridgehead atoms. The molecule has 0 fully saturated rings. The second kappa shape index (κ2) is 7.08. The zero-order valence-electron chi connectivity index (χ0n) is 18.2. The van der Waals surface area contributed by atoms with E-state index in [2.05, 4.69) is 111 Å². The van der Waals surface area contributed by atoms with E-state index in [1.54, 1.807) is 0 Å². The van der Waals surface area contributed by atoms with Gasteiger partial charge < -0.3 is 0 Å². The highest BCUT2D eigenvalue weighted by molar-refractivity contribution is 6.34. The summed E-state index contributed by atoms with van der Waals surface area (Å²) in [6.45, 7) is 4.64. The zero-order chi connectivity index (χ0) is 21.9. The van der Waals surface area contributed by atoms with Crippen LogP contribution < -0.4 is 0 Å². The minimum Gasteiger partial charge on any atom is -0.0837 e. The standard InChI is InChI=1S/C31H23Cl/c1-31(2)26-18-9-19-27(32)29(26)25-17-8-16-24(30(25)31)23-15-7-13-21-12-6-14-22(28(21)23)20-10-4-3-5-11-20/h3-19H,1-2H3. The molecule has 0 unspecified atom stereocenters. The molecule has 6 rings (SSSR count). The van der Waals surface area contributed by atoms with Crippen LogP contribution in [0, 0.1) is 0 Å². The van der Waals surface area contributed by atoms with E-state index in [0.717, 1.165) is 5.02 Å². The molecule has 0 radical (unpaired) electrons. The molecule has 0 N–H and O–H groups in total. The summed E-state index contributed by atoms with van der Waals surface area (Å²) in [7, 11) is 0. The predicted molar refractivity (Wildman–Crippen MR) is 137 cm³/mol.